The molecule has 0 unspecified atom stereocenters. The monoisotopic (exact) mass is 205 g/mol. The molecule has 5 nitrogen and oxygen atoms in total. The van der Waals surface area contributed by atoms with E-state index in [2.05, 4.69) is 14.7 Å². The molecule has 1 aromatic rings. The van der Waals surface area contributed by atoms with Crippen molar-refractivity contribution in [3.63, 3.8) is 0 Å². The number of halogens is 1. The highest BCUT2D eigenvalue weighted by Crippen LogP contribution is 2.17. The van der Waals surface area contributed by atoms with E-state index in [4.69, 9.17) is 5.73 Å². The molecule has 1 rings (SSSR count). The van der Waals surface area contributed by atoms with E-state index < -0.39 is 5.91 Å². The molecule has 1 heterocycles. The van der Waals surface area contributed by atoms with Crippen LogP contribution in [0.2, 0.25) is 0 Å². The van der Waals surface area contributed by atoms with Crippen molar-refractivity contribution in [2.24, 2.45) is 5.73 Å². The highest BCUT2D eigenvalue weighted by atomic mass is 35.5. The van der Waals surface area contributed by atoms with Crippen LogP contribution in [0.4, 0.5) is 0 Å². The zero-order chi connectivity index (χ0) is 9.35. The van der Waals surface area contributed by atoms with Crippen LogP contribution >= 0.6 is 12.4 Å². The lowest BCUT2D eigenvalue weighted by Crippen LogP contribution is -2.15. The molecule has 0 radical (unpaired) electrons. The molecule has 0 aromatic carbocycles. The molecule has 1 amide bonds. The summed E-state index contributed by atoms with van der Waals surface area (Å²) in [7, 11) is 0. The molecule has 0 spiro atoms. The minimum atomic E-state index is -0.696. The van der Waals surface area contributed by atoms with Crippen molar-refractivity contribution in [2.75, 3.05) is 0 Å². The van der Waals surface area contributed by atoms with Gasteiger partial charge in [0.05, 0.1) is 0 Å². The van der Waals surface area contributed by atoms with Crippen LogP contribution in [-0.2, 0) is 5.41 Å². The third-order valence-corrected chi connectivity index (χ3v) is 1.31. The summed E-state index contributed by atoms with van der Waals surface area (Å²) in [5.41, 5.74) is 4.71. The van der Waals surface area contributed by atoms with Crippen LogP contribution in [0.25, 0.3) is 0 Å². The Morgan fingerprint density at radius 1 is 1.46 bits per heavy atom. The fourth-order valence-corrected chi connectivity index (χ4v) is 0.628. The summed E-state index contributed by atoms with van der Waals surface area (Å²) >= 11 is 0. The third kappa shape index (κ3) is 2.69. The second-order valence-electron chi connectivity index (χ2n) is 3.54. The minimum absolute atomic E-state index is 0. The number of rotatable bonds is 1. The largest absolute Gasteiger partial charge is 0.361 e. The molecule has 0 aliphatic heterocycles. The second-order valence-corrected chi connectivity index (χ2v) is 3.54. The Balaban J connectivity index is 0.00000144. The van der Waals surface area contributed by atoms with E-state index in [1.54, 1.807) is 0 Å². The van der Waals surface area contributed by atoms with E-state index in [1.165, 1.54) is 0 Å². The van der Waals surface area contributed by atoms with Gasteiger partial charge >= 0.3 is 11.8 Å². The number of nitrogens with zero attached hydrogens (tertiary/aromatic N) is 2. The Bertz CT molecular complexity index is 303. The van der Waals surface area contributed by atoms with Gasteiger partial charge in [-0.15, -0.1) is 12.4 Å². The molecule has 2 N–H and O–H groups in total. The number of hydrogen-bond donors (Lipinski definition) is 1. The summed E-state index contributed by atoms with van der Waals surface area (Å²) in [4.78, 5) is 14.4. The number of nitrogens with two attached hydrogens (primary N) is 1. The van der Waals surface area contributed by atoms with E-state index in [1.807, 2.05) is 20.8 Å². The molecule has 0 saturated heterocycles. The van der Waals surface area contributed by atoms with Crippen LogP contribution < -0.4 is 5.73 Å². The zero-order valence-electron chi connectivity index (χ0n) is 7.70. The Morgan fingerprint density at radius 2 is 2.00 bits per heavy atom. The predicted octanol–water partition coefficient (Wildman–Crippen LogP) is 0.888. The highest BCUT2D eigenvalue weighted by molar-refractivity contribution is 5.87. The molecule has 0 fully saturated rings. The molecular formula is C7H12ClN3O2. The smallest absolute Gasteiger partial charge is 0.315 e. The average Bonchev–Trinajstić information content (AvgIpc) is 2.30. The first kappa shape index (κ1) is 11.9. The molecule has 0 atom stereocenters. The maximum Gasteiger partial charge on any atom is 0.315 e. The van der Waals surface area contributed by atoms with E-state index >= 15 is 0 Å². The van der Waals surface area contributed by atoms with Gasteiger partial charge in [0.2, 0.25) is 0 Å². The highest BCUT2D eigenvalue weighted by Gasteiger charge is 2.22. The van der Waals surface area contributed by atoms with Gasteiger partial charge in [0.15, 0.2) is 5.82 Å². The lowest BCUT2D eigenvalue weighted by molar-refractivity contribution is 0.0958. The van der Waals surface area contributed by atoms with E-state index in [-0.39, 0.29) is 23.7 Å². The Morgan fingerprint density at radius 3 is 2.23 bits per heavy atom. The number of carbonyl (C=O) groups is 1. The Labute approximate surface area is 82.1 Å². The van der Waals surface area contributed by atoms with Crippen LogP contribution in [-0.4, -0.2) is 16.0 Å². The first-order valence-electron chi connectivity index (χ1n) is 3.55. The topological polar surface area (TPSA) is 82.0 Å². The van der Waals surface area contributed by atoms with Crippen molar-refractivity contribution in [3.05, 3.63) is 11.7 Å². The SMILES string of the molecule is CC(C)(C)c1noc(C(N)=O)n1.Cl. The normalized spacial score (nSPS) is 10.7. The van der Waals surface area contributed by atoms with Crippen molar-refractivity contribution < 1.29 is 9.32 Å². The van der Waals surface area contributed by atoms with E-state index in [0.29, 0.717) is 5.82 Å². The molecular weight excluding hydrogens is 194 g/mol. The minimum Gasteiger partial charge on any atom is -0.361 e. The summed E-state index contributed by atoms with van der Waals surface area (Å²) in [5, 5.41) is 3.62. The first-order valence-corrected chi connectivity index (χ1v) is 3.55. The van der Waals surface area contributed by atoms with Gasteiger partial charge in [-0.1, -0.05) is 25.9 Å². The van der Waals surface area contributed by atoms with Crippen LogP contribution in [0.15, 0.2) is 4.52 Å². The molecule has 13 heavy (non-hydrogen) atoms. The van der Waals surface area contributed by atoms with E-state index in [0.717, 1.165) is 0 Å². The summed E-state index contributed by atoms with van der Waals surface area (Å²) in [6.07, 6.45) is 0. The predicted molar refractivity (Wildman–Crippen MR) is 48.8 cm³/mol. The van der Waals surface area contributed by atoms with Crippen molar-refractivity contribution in [1.29, 1.82) is 0 Å². The van der Waals surface area contributed by atoms with Crippen LogP contribution in [0.1, 0.15) is 37.3 Å². The maximum absolute atomic E-state index is 10.6. The van der Waals surface area contributed by atoms with E-state index in [9.17, 15) is 4.79 Å². The van der Waals surface area contributed by atoms with Crippen molar-refractivity contribution >= 4 is 18.3 Å². The van der Waals surface area contributed by atoms with Gasteiger partial charge < -0.3 is 10.3 Å². The number of primary amides is 1. The summed E-state index contributed by atoms with van der Waals surface area (Å²) in [5.74, 6) is -0.353. The second kappa shape index (κ2) is 3.74. The molecule has 0 bridgehead atoms. The van der Waals surface area contributed by atoms with Crippen LogP contribution in [0.5, 0.6) is 0 Å². The number of amides is 1. The lowest BCUT2D eigenvalue weighted by Gasteiger charge is -2.10. The molecule has 6 heteroatoms. The van der Waals surface area contributed by atoms with Crippen LogP contribution in [0, 0.1) is 0 Å². The molecule has 0 aliphatic rings. The first-order chi connectivity index (χ1) is 5.41. The average molecular weight is 206 g/mol. The lowest BCUT2D eigenvalue weighted by atomic mass is 9.96. The summed E-state index contributed by atoms with van der Waals surface area (Å²) in [6.45, 7) is 5.76. The number of hydrogen-bond acceptors (Lipinski definition) is 4. The number of aromatic nitrogens is 2. The summed E-state index contributed by atoms with van der Waals surface area (Å²) < 4.78 is 4.62. The van der Waals surface area contributed by atoms with Gasteiger partial charge in [0, 0.05) is 5.41 Å². The van der Waals surface area contributed by atoms with Crippen LogP contribution in [0.3, 0.4) is 0 Å². The van der Waals surface area contributed by atoms with Gasteiger partial charge in [0.25, 0.3) is 0 Å². The molecule has 1 aromatic heterocycles. The zero-order valence-corrected chi connectivity index (χ0v) is 8.51. The van der Waals surface area contributed by atoms with Gasteiger partial charge in [0.1, 0.15) is 0 Å². The van der Waals surface area contributed by atoms with Crippen molar-refractivity contribution in [2.45, 2.75) is 26.2 Å². The quantitative estimate of drug-likeness (QED) is 0.738. The standard InChI is InChI=1S/C7H11N3O2.ClH/c1-7(2,3)6-9-5(4(8)11)12-10-6;/h1-3H3,(H2,8,11);1H. The van der Waals surface area contributed by atoms with Gasteiger partial charge in [-0.2, -0.15) is 4.98 Å². The Hall–Kier alpha value is -1.10. The summed E-state index contributed by atoms with van der Waals surface area (Å²) in [6, 6.07) is 0. The molecule has 74 valence electrons. The van der Waals surface area contributed by atoms with Gasteiger partial charge in [-0.05, 0) is 0 Å². The number of carbonyl (C=O) groups excluding carboxylic acids is 1. The van der Waals surface area contributed by atoms with Gasteiger partial charge in [-0.3, -0.25) is 4.79 Å². The van der Waals surface area contributed by atoms with Gasteiger partial charge in [-0.25, -0.2) is 0 Å². The maximum atomic E-state index is 10.6. The molecule has 0 saturated carbocycles. The van der Waals surface area contributed by atoms with Crippen molar-refractivity contribution in [3.8, 4) is 0 Å². The van der Waals surface area contributed by atoms with Crippen molar-refractivity contribution in [1.82, 2.24) is 10.1 Å². The molecule has 0 aliphatic carbocycles. The fraction of sp³-hybridized carbons (Fsp3) is 0.571. The third-order valence-electron chi connectivity index (χ3n) is 1.31. The Kier molecular flexibility index (Phi) is 3.42. The fourth-order valence-electron chi connectivity index (χ4n) is 0.628.